The third-order valence-corrected chi connectivity index (χ3v) is 4.65. The smallest absolute Gasteiger partial charge is 0.248 e. The topological polar surface area (TPSA) is 65.2 Å². The number of rotatable bonds is 4. The third kappa shape index (κ3) is 3.56. The van der Waals surface area contributed by atoms with Gasteiger partial charge in [-0.1, -0.05) is 12.1 Å². The van der Waals surface area contributed by atoms with Crippen molar-refractivity contribution >= 4 is 29.3 Å². The van der Waals surface area contributed by atoms with Crippen LogP contribution in [0, 0.1) is 5.82 Å². The number of thioether (sulfide) groups is 1. The number of nitrogens with zero attached hydrogens (tertiary/aromatic N) is 1. The fourth-order valence-electron chi connectivity index (χ4n) is 2.43. The van der Waals surface area contributed by atoms with Crippen molar-refractivity contribution in [3.63, 3.8) is 0 Å². The van der Waals surface area contributed by atoms with Crippen LogP contribution in [0.1, 0.15) is 5.69 Å². The normalized spacial score (nSPS) is 17.3. The Labute approximate surface area is 137 Å². The molecule has 0 spiro atoms. The van der Waals surface area contributed by atoms with Crippen LogP contribution in [0.15, 0.2) is 42.6 Å². The van der Waals surface area contributed by atoms with Crippen molar-refractivity contribution in [1.82, 2.24) is 9.88 Å². The fourth-order valence-corrected chi connectivity index (χ4v) is 3.61. The Hall–Kier alpha value is -2.28. The summed E-state index contributed by atoms with van der Waals surface area (Å²) in [7, 11) is 0. The van der Waals surface area contributed by atoms with E-state index < -0.39 is 11.9 Å². The van der Waals surface area contributed by atoms with E-state index in [4.69, 9.17) is 0 Å². The van der Waals surface area contributed by atoms with Gasteiger partial charge in [-0.2, -0.15) is 0 Å². The van der Waals surface area contributed by atoms with Crippen LogP contribution in [0.4, 0.5) is 10.1 Å². The summed E-state index contributed by atoms with van der Waals surface area (Å²) in [6.07, 6.45) is 1.97. The van der Waals surface area contributed by atoms with Gasteiger partial charge >= 0.3 is 0 Å². The number of para-hydroxylation sites is 1. The molecule has 0 bridgehead atoms. The molecular weight excluding hydrogens is 317 g/mol. The molecule has 1 aromatic carbocycles. The minimum absolute atomic E-state index is 0.119. The van der Waals surface area contributed by atoms with Gasteiger partial charge in [-0.05, 0) is 24.3 Å². The molecule has 3 rings (SSSR count). The predicted molar refractivity (Wildman–Crippen MR) is 87.5 cm³/mol. The molecule has 2 aromatic rings. The number of carbonyl (C=O) groups excluding carboxylic acids is 2. The molecule has 2 amide bonds. The molecular formula is C16H16FN3O2S. The van der Waals surface area contributed by atoms with Gasteiger partial charge < -0.3 is 15.2 Å². The number of benzene rings is 1. The number of H-pyrrole nitrogens is 1. The SMILES string of the molecule is O=C(Nc1ccccc1F)[C@H]1CSCN1C(=O)Cc1ccc[nH]1. The van der Waals surface area contributed by atoms with E-state index in [1.54, 1.807) is 23.2 Å². The van der Waals surface area contributed by atoms with E-state index in [-0.39, 0.29) is 23.9 Å². The number of anilines is 1. The van der Waals surface area contributed by atoms with E-state index in [1.165, 1.54) is 23.9 Å². The van der Waals surface area contributed by atoms with E-state index in [9.17, 15) is 14.0 Å². The predicted octanol–water partition coefficient (Wildman–Crippen LogP) is 2.24. The average molecular weight is 333 g/mol. The molecule has 1 atom stereocenters. The van der Waals surface area contributed by atoms with Gasteiger partial charge in [-0.25, -0.2) is 4.39 Å². The first-order valence-electron chi connectivity index (χ1n) is 7.20. The van der Waals surface area contributed by atoms with Crippen molar-refractivity contribution in [3.05, 3.63) is 54.1 Å². The number of amides is 2. The molecule has 1 aliphatic rings. The van der Waals surface area contributed by atoms with Gasteiger partial charge in [0, 0.05) is 17.6 Å². The van der Waals surface area contributed by atoms with Crippen molar-refractivity contribution in [1.29, 1.82) is 0 Å². The fraction of sp³-hybridized carbons (Fsp3) is 0.250. The van der Waals surface area contributed by atoms with Crippen LogP contribution in [0.5, 0.6) is 0 Å². The summed E-state index contributed by atoms with van der Waals surface area (Å²) < 4.78 is 13.6. The highest BCUT2D eigenvalue weighted by atomic mass is 32.2. The van der Waals surface area contributed by atoms with Crippen molar-refractivity contribution in [2.24, 2.45) is 0 Å². The molecule has 0 aliphatic carbocycles. The standard InChI is InChI=1S/C16H16FN3O2S/c17-12-5-1-2-6-13(12)19-16(22)14-9-23-10-20(14)15(21)8-11-4-3-7-18-11/h1-7,14,18H,8-10H2,(H,19,22)/t14-/m1/s1. The van der Waals surface area contributed by atoms with Gasteiger partial charge in [-0.15, -0.1) is 11.8 Å². The van der Waals surface area contributed by atoms with Crippen molar-refractivity contribution in [2.75, 3.05) is 16.9 Å². The van der Waals surface area contributed by atoms with Crippen molar-refractivity contribution in [3.8, 4) is 0 Å². The van der Waals surface area contributed by atoms with Gasteiger partial charge in [0.25, 0.3) is 0 Å². The highest BCUT2D eigenvalue weighted by molar-refractivity contribution is 7.99. The van der Waals surface area contributed by atoms with E-state index >= 15 is 0 Å². The largest absolute Gasteiger partial charge is 0.365 e. The lowest BCUT2D eigenvalue weighted by molar-refractivity contribution is -0.135. The molecule has 1 saturated heterocycles. The maximum atomic E-state index is 13.6. The Morgan fingerprint density at radius 2 is 2.13 bits per heavy atom. The van der Waals surface area contributed by atoms with Crippen LogP contribution in [0.2, 0.25) is 0 Å². The molecule has 23 heavy (non-hydrogen) atoms. The lowest BCUT2D eigenvalue weighted by Crippen LogP contribution is -2.45. The molecule has 0 saturated carbocycles. The number of halogens is 1. The van der Waals surface area contributed by atoms with Crippen LogP contribution in [0.25, 0.3) is 0 Å². The number of carbonyl (C=O) groups is 2. The quantitative estimate of drug-likeness (QED) is 0.902. The molecule has 2 heterocycles. The van der Waals surface area contributed by atoms with Crippen molar-refractivity contribution in [2.45, 2.75) is 12.5 Å². The summed E-state index contributed by atoms with van der Waals surface area (Å²) in [5, 5.41) is 2.57. The Balaban J connectivity index is 1.67. The lowest BCUT2D eigenvalue weighted by Gasteiger charge is -2.23. The molecule has 120 valence electrons. The molecule has 1 aromatic heterocycles. The summed E-state index contributed by atoms with van der Waals surface area (Å²) in [5.41, 5.74) is 0.936. The molecule has 5 nitrogen and oxygen atoms in total. The Bertz CT molecular complexity index is 705. The van der Waals surface area contributed by atoms with E-state index in [0.717, 1.165) is 5.69 Å². The highest BCUT2D eigenvalue weighted by Crippen LogP contribution is 2.23. The summed E-state index contributed by atoms with van der Waals surface area (Å²) in [5.74, 6) is 0.00730. The lowest BCUT2D eigenvalue weighted by atomic mass is 10.2. The molecule has 1 fully saturated rings. The third-order valence-electron chi connectivity index (χ3n) is 3.64. The second-order valence-electron chi connectivity index (χ2n) is 5.22. The average Bonchev–Trinajstić information content (AvgIpc) is 3.20. The van der Waals surface area contributed by atoms with Crippen LogP contribution in [-0.4, -0.2) is 39.4 Å². The summed E-state index contributed by atoms with van der Waals surface area (Å²) in [6, 6.07) is 9.06. The zero-order chi connectivity index (χ0) is 16.2. The van der Waals surface area contributed by atoms with Crippen LogP contribution < -0.4 is 5.32 Å². The second-order valence-corrected chi connectivity index (χ2v) is 6.22. The molecule has 1 aliphatic heterocycles. The van der Waals surface area contributed by atoms with E-state index in [1.807, 2.05) is 12.1 Å². The first kappa shape index (κ1) is 15.6. The highest BCUT2D eigenvalue weighted by Gasteiger charge is 2.34. The zero-order valence-electron chi connectivity index (χ0n) is 12.3. The summed E-state index contributed by atoms with van der Waals surface area (Å²) in [6.45, 7) is 0. The maximum absolute atomic E-state index is 13.6. The maximum Gasteiger partial charge on any atom is 0.248 e. The van der Waals surface area contributed by atoms with Gasteiger partial charge in [0.15, 0.2) is 0 Å². The number of aromatic amines is 1. The van der Waals surface area contributed by atoms with Crippen molar-refractivity contribution < 1.29 is 14.0 Å². The Morgan fingerprint density at radius 1 is 1.30 bits per heavy atom. The number of hydrogen-bond donors (Lipinski definition) is 2. The molecule has 7 heteroatoms. The number of hydrogen-bond acceptors (Lipinski definition) is 3. The summed E-state index contributed by atoms with van der Waals surface area (Å²) >= 11 is 1.51. The monoisotopic (exact) mass is 333 g/mol. The molecule has 2 N–H and O–H groups in total. The zero-order valence-corrected chi connectivity index (χ0v) is 13.1. The first-order chi connectivity index (χ1) is 11.1. The minimum atomic E-state index is -0.581. The minimum Gasteiger partial charge on any atom is -0.365 e. The summed E-state index contributed by atoms with van der Waals surface area (Å²) in [4.78, 5) is 29.3. The van der Waals surface area contributed by atoms with E-state index in [2.05, 4.69) is 10.3 Å². The first-order valence-corrected chi connectivity index (χ1v) is 8.35. The second kappa shape index (κ2) is 6.87. The van der Waals surface area contributed by atoms with Crippen LogP contribution in [-0.2, 0) is 16.0 Å². The number of nitrogens with one attached hydrogen (secondary N) is 2. The van der Waals surface area contributed by atoms with Gasteiger partial charge in [-0.3, -0.25) is 9.59 Å². The molecule has 0 unspecified atom stereocenters. The Morgan fingerprint density at radius 3 is 2.87 bits per heavy atom. The van der Waals surface area contributed by atoms with Crippen LogP contribution in [0.3, 0.4) is 0 Å². The van der Waals surface area contributed by atoms with Crippen LogP contribution >= 0.6 is 11.8 Å². The van der Waals surface area contributed by atoms with Gasteiger partial charge in [0.05, 0.1) is 18.0 Å². The van der Waals surface area contributed by atoms with E-state index in [0.29, 0.717) is 11.6 Å². The van der Waals surface area contributed by atoms with Gasteiger partial charge in [0.1, 0.15) is 11.9 Å². The van der Waals surface area contributed by atoms with Gasteiger partial charge in [0.2, 0.25) is 11.8 Å². The number of aromatic nitrogens is 1. The Kier molecular flexibility index (Phi) is 4.66. The molecule has 0 radical (unpaired) electrons.